The maximum Gasteiger partial charge on any atom is 0.253 e. The van der Waals surface area contributed by atoms with Crippen LogP contribution in [0.3, 0.4) is 0 Å². The number of benzene rings is 2. The highest BCUT2D eigenvalue weighted by atomic mass is 35.5. The molecule has 0 radical (unpaired) electrons. The van der Waals surface area contributed by atoms with Gasteiger partial charge in [-0.15, -0.1) is 0 Å². The molecule has 3 rings (SSSR count). The van der Waals surface area contributed by atoms with Gasteiger partial charge in [0.15, 0.2) is 0 Å². The van der Waals surface area contributed by atoms with E-state index in [9.17, 15) is 9.59 Å². The summed E-state index contributed by atoms with van der Waals surface area (Å²) in [4.78, 5) is 28.7. The molecule has 1 aliphatic rings. The highest BCUT2D eigenvalue weighted by Gasteiger charge is 2.24. The molecule has 1 aliphatic heterocycles. The molecule has 31 heavy (non-hydrogen) atoms. The van der Waals surface area contributed by atoms with E-state index in [0.717, 1.165) is 5.75 Å². The topological polar surface area (TPSA) is 49.9 Å². The summed E-state index contributed by atoms with van der Waals surface area (Å²) in [6, 6.07) is 15.1. The average molecular weight is 443 g/mol. The van der Waals surface area contributed by atoms with Gasteiger partial charge in [-0.1, -0.05) is 44.5 Å². The van der Waals surface area contributed by atoms with Crippen molar-refractivity contribution >= 4 is 23.4 Å². The molecule has 0 aliphatic carbocycles. The SMILES string of the molecule is CC(C)(C)c1ccc(OCCCC(=O)N2CCN(C(=O)c3ccc(Cl)cc3)CC2)cc1. The third-order valence-corrected chi connectivity index (χ3v) is 5.79. The second-order valence-electron chi connectivity index (χ2n) is 8.91. The number of ether oxygens (including phenoxy) is 1. The number of hydrogen-bond donors (Lipinski definition) is 0. The van der Waals surface area contributed by atoms with Gasteiger partial charge in [-0.3, -0.25) is 9.59 Å². The van der Waals surface area contributed by atoms with E-state index >= 15 is 0 Å². The molecule has 0 unspecified atom stereocenters. The molecule has 1 heterocycles. The first-order valence-electron chi connectivity index (χ1n) is 10.8. The minimum absolute atomic E-state index is 0.0188. The largest absolute Gasteiger partial charge is 0.494 e. The van der Waals surface area contributed by atoms with Crippen LogP contribution in [0.1, 0.15) is 49.5 Å². The Morgan fingerprint density at radius 3 is 2.06 bits per heavy atom. The van der Waals surface area contributed by atoms with Gasteiger partial charge in [-0.2, -0.15) is 0 Å². The lowest BCUT2D eigenvalue weighted by molar-refractivity contribution is -0.132. The summed E-state index contributed by atoms with van der Waals surface area (Å²) in [6.07, 6.45) is 1.12. The zero-order valence-electron chi connectivity index (χ0n) is 18.6. The molecule has 1 saturated heterocycles. The fourth-order valence-corrected chi connectivity index (χ4v) is 3.68. The Balaban J connectivity index is 1.37. The molecule has 2 aromatic carbocycles. The Kier molecular flexibility index (Phi) is 7.60. The molecule has 0 spiro atoms. The molecular weight excluding hydrogens is 412 g/mol. The highest BCUT2D eigenvalue weighted by Crippen LogP contribution is 2.24. The minimum atomic E-state index is -0.0188. The number of amides is 2. The van der Waals surface area contributed by atoms with Crippen LogP contribution in [0, 0.1) is 0 Å². The van der Waals surface area contributed by atoms with E-state index in [1.165, 1.54) is 5.56 Å². The van der Waals surface area contributed by atoms with Crippen molar-refractivity contribution in [3.05, 3.63) is 64.7 Å². The van der Waals surface area contributed by atoms with Crippen molar-refractivity contribution in [3.8, 4) is 5.75 Å². The second kappa shape index (κ2) is 10.2. The van der Waals surface area contributed by atoms with E-state index in [4.69, 9.17) is 16.3 Å². The number of halogens is 1. The first-order valence-corrected chi connectivity index (χ1v) is 11.2. The Hall–Kier alpha value is -2.53. The number of carbonyl (C=O) groups excluding carboxylic acids is 2. The van der Waals surface area contributed by atoms with Gasteiger partial charge < -0.3 is 14.5 Å². The Labute approximate surface area is 189 Å². The van der Waals surface area contributed by atoms with Crippen LogP contribution in [0.4, 0.5) is 0 Å². The average Bonchev–Trinajstić information content (AvgIpc) is 2.76. The second-order valence-corrected chi connectivity index (χ2v) is 9.34. The molecule has 166 valence electrons. The summed E-state index contributed by atoms with van der Waals surface area (Å²) < 4.78 is 5.78. The van der Waals surface area contributed by atoms with Crippen molar-refractivity contribution in [1.29, 1.82) is 0 Å². The van der Waals surface area contributed by atoms with Gasteiger partial charge in [-0.05, 0) is 53.8 Å². The van der Waals surface area contributed by atoms with E-state index in [1.807, 2.05) is 17.0 Å². The number of rotatable bonds is 6. The van der Waals surface area contributed by atoms with Crippen LogP contribution in [0.5, 0.6) is 5.75 Å². The maximum absolute atomic E-state index is 12.6. The first-order chi connectivity index (χ1) is 14.7. The number of nitrogens with zero attached hydrogens (tertiary/aromatic N) is 2. The number of piperazine rings is 1. The Bertz CT molecular complexity index is 880. The van der Waals surface area contributed by atoms with Gasteiger partial charge in [0.05, 0.1) is 6.61 Å². The molecular formula is C25H31ClN2O3. The normalized spacial score (nSPS) is 14.5. The van der Waals surface area contributed by atoms with Crippen molar-refractivity contribution in [3.63, 3.8) is 0 Å². The fraction of sp³-hybridized carbons (Fsp3) is 0.440. The monoisotopic (exact) mass is 442 g/mol. The number of carbonyl (C=O) groups is 2. The predicted molar refractivity (Wildman–Crippen MR) is 124 cm³/mol. The van der Waals surface area contributed by atoms with Gasteiger partial charge in [0, 0.05) is 43.2 Å². The van der Waals surface area contributed by atoms with Crippen molar-refractivity contribution in [2.45, 2.75) is 39.0 Å². The summed E-state index contributed by atoms with van der Waals surface area (Å²) in [6.45, 7) is 9.27. The van der Waals surface area contributed by atoms with Crippen LogP contribution in [0.25, 0.3) is 0 Å². The van der Waals surface area contributed by atoms with Crippen LogP contribution < -0.4 is 4.74 Å². The Morgan fingerprint density at radius 2 is 1.48 bits per heavy atom. The molecule has 0 N–H and O–H groups in total. The van der Waals surface area contributed by atoms with E-state index < -0.39 is 0 Å². The lowest BCUT2D eigenvalue weighted by Gasteiger charge is -2.35. The molecule has 6 heteroatoms. The third-order valence-electron chi connectivity index (χ3n) is 5.53. The van der Waals surface area contributed by atoms with E-state index in [1.54, 1.807) is 29.2 Å². The van der Waals surface area contributed by atoms with Crippen LogP contribution in [-0.2, 0) is 10.2 Å². The number of hydrogen-bond acceptors (Lipinski definition) is 3. The minimum Gasteiger partial charge on any atom is -0.494 e. The van der Waals surface area contributed by atoms with Gasteiger partial charge in [-0.25, -0.2) is 0 Å². The Morgan fingerprint density at radius 1 is 0.903 bits per heavy atom. The van der Waals surface area contributed by atoms with Crippen LogP contribution >= 0.6 is 11.6 Å². The summed E-state index contributed by atoms with van der Waals surface area (Å²) >= 11 is 5.89. The first kappa shape index (κ1) is 23.1. The van der Waals surface area contributed by atoms with E-state index in [0.29, 0.717) is 56.2 Å². The van der Waals surface area contributed by atoms with Gasteiger partial charge in [0.2, 0.25) is 5.91 Å². The third kappa shape index (κ3) is 6.47. The molecule has 0 atom stereocenters. The van der Waals surface area contributed by atoms with Gasteiger partial charge in [0.1, 0.15) is 5.75 Å². The molecule has 0 saturated carbocycles. The summed E-state index contributed by atoms with van der Waals surface area (Å²) in [7, 11) is 0. The maximum atomic E-state index is 12.6. The highest BCUT2D eigenvalue weighted by molar-refractivity contribution is 6.30. The van der Waals surface area contributed by atoms with Crippen molar-refractivity contribution < 1.29 is 14.3 Å². The van der Waals surface area contributed by atoms with E-state index in [2.05, 4.69) is 32.9 Å². The van der Waals surface area contributed by atoms with Crippen LogP contribution in [-0.4, -0.2) is 54.4 Å². The van der Waals surface area contributed by atoms with Gasteiger partial charge in [0.25, 0.3) is 5.91 Å². The van der Waals surface area contributed by atoms with Gasteiger partial charge >= 0.3 is 0 Å². The van der Waals surface area contributed by atoms with Crippen molar-refractivity contribution in [2.24, 2.45) is 0 Å². The molecule has 5 nitrogen and oxygen atoms in total. The molecule has 2 aromatic rings. The molecule has 2 amide bonds. The summed E-state index contributed by atoms with van der Waals surface area (Å²) in [5.41, 5.74) is 2.01. The standard InChI is InChI=1S/C25H31ClN2O3/c1-25(2,3)20-8-12-22(13-9-20)31-18-4-5-23(29)27-14-16-28(17-15-27)24(30)19-6-10-21(26)11-7-19/h6-13H,4-5,14-18H2,1-3H3. The molecule has 1 fully saturated rings. The fourth-order valence-electron chi connectivity index (χ4n) is 3.56. The zero-order chi connectivity index (χ0) is 22.4. The quantitative estimate of drug-likeness (QED) is 0.605. The van der Waals surface area contributed by atoms with Crippen molar-refractivity contribution in [1.82, 2.24) is 9.80 Å². The smallest absolute Gasteiger partial charge is 0.253 e. The van der Waals surface area contributed by atoms with Crippen LogP contribution in [0.15, 0.2) is 48.5 Å². The predicted octanol–water partition coefficient (Wildman–Crippen LogP) is 4.78. The van der Waals surface area contributed by atoms with Crippen LogP contribution in [0.2, 0.25) is 5.02 Å². The van der Waals surface area contributed by atoms with Crippen molar-refractivity contribution in [2.75, 3.05) is 32.8 Å². The lowest BCUT2D eigenvalue weighted by atomic mass is 9.87. The molecule has 0 bridgehead atoms. The zero-order valence-corrected chi connectivity index (χ0v) is 19.3. The summed E-state index contributed by atoms with van der Waals surface area (Å²) in [5.74, 6) is 0.926. The lowest BCUT2D eigenvalue weighted by Crippen LogP contribution is -2.50. The summed E-state index contributed by atoms with van der Waals surface area (Å²) in [5, 5.41) is 0.609. The van der Waals surface area contributed by atoms with E-state index in [-0.39, 0.29) is 17.2 Å². The molecule has 0 aromatic heterocycles.